The number of Topliss-reactive ketones (excluding diaryl/α,β-unsaturated/α-hetero) is 3. The third kappa shape index (κ3) is 1.63. The van der Waals surface area contributed by atoms with Crippen LogP contribution in [0.4, 0.5) is 0 Å². The van der Waals surface area contributed by atoms with Crippen molar-refractivity contribution in [2.45, 2.75) is 13.8 Å². The van der Waals surface area contributed by atoms with Crippen LogP contribution in [0.3, 0.4) is 0 Å². The van der Waals surface area contributed by atoms with Crippen LogP contribution in [0.25, 0.3) is 0 Å². The molecule has 0 saturated heterocycles. The van der Waals surface area contributed by atoms with Crippen molar-refractivity contribution < 1.29 is 14.4 Å². The molecular formula is C15H14O3. The van der Waals surface area contributed by atoms with Gasteiger partial charge in [-0.3, -0.25) is 14.4 Å². The van der Waals surface area contributed by atoms with E-state index in [1.54, 1.807) is 38.1 Å². The van der Waals surface area contributed by atoms with E-state index in [2.05, 4.69) is 6.58 Å². The number of fused-ring (bicyclic) bond motifs is 1. The molecular weight excluding hydrogens is 228 g/mol. The van der Waals surface area contributed by atoms with Crippen molar-refractivity contribution in [2.24, 2.45) is 11.3 Å². The molecule has 1 atom stereocenters. The third-order valence-electron chi connectivity index (χ3n) is 3.46. The molecule has 1 aliphatic rings. The second kappa shape index (κ2) is 4.02. The molecule has 3 nitrogen and oxygen atoms in total. The zero-order valence-electron chi connectivity index (χ0n) is 10.4. The molecule has 18 heavy (non-hydrogen) atoms. The predicted octanol–water partition coefficient (Wildman–Crippen LogP) is 2.46. The molecule has 0 aliphatic heterocycles. The van der Waals surface area contributed by atoms with Gasteiger partial charge in [0.05, 0.1) is 5.92 Å². The molecule has 1 aromatic rings. The van der Waals surface area contributed by atoms with Gasteiger partial charge in [0.1, 0.15) is 0 Å². The summed E-state index contributed by atoms with van der Waals surface area (Å²) in [4.78, 5) is 36.4. The van der Waals surface area contributed by atoms with E-state index in [9.17, 15) is 14.4 Å². The number of hydrogen-bond donors (Lipinski definition) is 0. The lowest BCUT2D eigenvalue weighted by atomic mass is 9.68. The smallest absolute Gasteiger partial charge is 0.230 e. The summed E-state index contributed by atoms with van der Waals surface area (Å²) in [5.41, 5.74) is -0.178. The van der Waals surface area contributed by atoms with Gasteiger partial charge in [-0.2, -0.15) is 0 Å². The summed E-state index contributed by atoms with van der Waals surface area (Å²) < 4.78 is 0. The summed E-state index contributed by atoms with van der Waals surface area (Å²) in [5.74, 6) is -2.47. The van der Waals surface area contributed by atoms with Crippen molar-refractivity contribution in [3.05, 3.63) is 48.0 Å². The molecule has 0 heterocycles. The molecule has 0 N–H and O–H groups in total. The summed E-state index contributed by atoms with van der Waals surface area (Å²) in [7, 11) is 0. The highest BCUT2D eigenvalue weighted by Crippen LogP contribution is 2.36. The van der Waals surface area contributed by atoms with Gasteiger partial charge < -0.3 is 0 Å². The number of hydrogen-bond acceptors (Lipinski definition) is 3. The lowest BCUT2D eigenvalue weighted by molar-refractivity contribution is -0.119. The first-order valence-electron chi connectivity index (χ1n) is 5.75. The number of ketones is 3. The van der Waals surface area contributed by atoms with Gasteiger partial charge in [0.25, 0.3) is 0 Å². The molecule has 3 heteroatoms. The Bertz CT molecular complexity index is 567. The minimum absolute atomic E-state index is 0.212. The molecule has 2 rings (SSSR count). The van der Waals surface area contributed by atoms with Crippen LogP contribution in [-0.4, -0.2) is 17.3 Å². The van der Waals surface area contributed by atoms with Crippen LogP contribution in [0.2, 0.25) is 0 Å². The number of carbonyl (C=O) groups excluding carboxylic acids is 3. The van der Waals surface area contributed by atoms with Crippen molar-refractivity contribution in [3.63, 3.8) is 0 Å². The van der Waals surface area contributed by atoms with Gasteiger partial charge in [-0.1, -0.05) is 44.2 Å². The SMILES string of the molecule is C=CC(C)(C)C1C(=O)C(=O)c2ccccc2C1=O. The van der Waals surface area contributed by atoms with Crippen molar-refractivity contribution >= 4 is 17.3 Å². The zero-order chi connectivity index (χ0) is 13.5. The summed E-state index contributed by atoms with van der Waals surface area (Å²) in [6, 6.07) is 6.45. The van der Waals surface area contributed by atoms with E-state index < -0.39 is 22.9 Å². The highest BCUT2D eigenvalue weighted by Gasteiger charge is 2.46. The normalized spacial score (nSPS) is 19.7. The van der Waals surface area contributed by atoms with Crippen LogP contribution in [0.15, 0.2) is 36.9 Å². The number of carbonyl (C=O) groups is 3. The van der Waals surface area contributed by atoms with E-state index in [0.29, 0.717) is 5.56 Å². The Morgan fingerprint density at radius 1 is 1.06 bits per heavy atom. The van der Waals surface area contributed by atoms with Crippen molar-refractivity contribution in [1.29, 1.82) is 0 Å². The molecule has 0 spiro atoms. The Morgan fingerprint density at radius 3 is 2.17 bits per heavy atom. The Balaban J connectivity index is 2.63. The maximum atomic E-state index is 12.4. The van der Waals surface area contributed by atoms with Gasteiger partial charge in [-0.25, -0.2) is 0 Å². The highest BCUT2D eigenvalue weighted by molar-refractivity contribution is 6.52. The van der Waals surface area contributed by atoms with Crippen LogP contribution in [0, 0.1) is 11.3 Å². The third-order valence-corrected chi connectivity index (χ3v) is 3.46. The summed E-state index contributed by atoms with van der Waals surface area (Å²) >= 11 is 0. The van der Waals surface area contributed by atoms with E-state index in [1.165, 1.54) is 6.07 Å². The predicted molar refractivity (Wildman–Crippen MR) is 67.6 cm³/mol. The van der Waals surface area contributed by atoms with Gasteiger partial charge >= 0.3 is 0 Å². The van der Waals surface area contributed by atoms with Crippen molar-refractivity contribution in [3.8, 4) is 0 Å². The first-order chi connectivity index (χ1) is 8.40. The van der Waals surface area contributed by atoms with Crippen LogP contribution >= 0.6 is 0 Å². The monoisotopic (exact) mass is 242 g/mol. The van der Waals surface area contributed by atoms with Crippen LogP contribution < -0.4 is 0 Å². The average molecular weight is 242 g/mol. The van der Waals surface area contributed by atoms with Gasteiger partial charge in [-0.15, -0.1) is 6.58 Å². The molecule has 0 saturated carbocycles. The largest absolute Gasteiger partial charge is 0.293 e. The second-order valence-electron chi connectivity index (χ2n) is 5.06. The molecule has 1 unspecified atom stereocenters. The first kappa shape index (κ1) is 12.4. The Morgan fingerprint density at radius 2 is 1.61 bits per heavy atom. The topological polar surface area (TPSA) is 51.2 Å². The Kier molecular flexibility index (Phi) is 2.77. The van der Waals surface area contributed by atoms with Gasteiger partial charge in [0.15, 0.2) is 5.78 Å². The van der Waals surface area contributed by atoms with E-state index in [0.717, 1.165) is 0 Å². The van der Waals surface area contributed by atoms with E-state index in [1.807, 2.05) is 0 Å². The summed E-state index contributed by atoms with van der Waals surface area (Å²) in [5, 5.41) is 0. The fraction of sp³-hybridized carbons (Fsp3) is 0.267. The van der Waals surface area contributed by atoms with E-state index in [-0.39, 0.29) is 11.3 Å². The summed E-state index contributed by atoms with van der Waals surface area (Å²) in [6.07, 6.45) is 1.55. The Labute approximate surface area is 106 Å². The summed E-state index contributed by atoms with van der Waals surface area (Å²) in [6.45, 7) is 7.12. The first-order valence-corrected chi connectivity index (χ1v) is 5.75. The molecule has 0 radical (unpaired) electrons. The van der Waals surface area contributed by atoms with Crippen LogP contribution in [-0.2, 0) is 4.79 Å². The molecule has 0 fully saturated rings. The standard InChI is InChI=1S/C15H14O3/c1-4-15(2,3)11-12(16)9-7-5-6-8-10(9)13(17)14(11)18/h4-8,11H,1H2,2-3H3. The molecule has 0 bridgehead atoms. The zero-order valence-corrected chi connectivity index (χ0v) is 10.4. The van der Waals surface area contributed by atoms with Crippen molar-refractivity contribution in [2.75, 3.05) is 0 Å². The average Bonchev–Trinajstić information content (AvgIpc) is 2.36. The molecule has 1 aromatic carbocycles. The second-order valence-corrected chi connectivity index (χ2v) is 5.06. The quantitative estimate of drug-likeness (QED) is 0.455. The van der Waals surface area contributed by atoms with E-state index >= 15 is 0 Å². The Hall–Kier alpha value is -2.03. The number of rotatable bonds is 2. The van der Waals surface area contributed by atoms with Crippen LogP contribution in [0.1, 0.15) is 34.6 Å². The lowest BCUT2D eigenvalue weighted by Crippen LogP contribution is -2.44. The lowest BCUT2D eigenvalue weighted by Gasteiger charge is -2.31. The number of allylic oxidation sites excluding steroid dienone is 1. The number of benzene rings is 1. The van der Waals surface area contributed by atoms with Gasteiger partial charge in [0.2, 0.25) is 11.6 Å². The van der Waals surface area contributed by atoms with E-state index in [4.69, 9.17) is 0 Å². The fourth-order valence-electron chi connectivity index (χ4n) is 2.23. The highest BCUT2D eigenvalue weighted by atomic mass is 16.2. The fourth-order valence-corrected chi connectivity index (χ4v) is 2.23. The molecule has 0 aromatic heterocycles. The molecule has 1 aliphatic carbocycles. The molecule has 92 valence electrons. The van der Waals surface area contributed by atoms with Crippen LogP contribution in [0.5, 0.6) is 0 Å². The molecule has 0 amide bonds. The maximum Gasteiger partial charge on any atom is 0.230 e. The van der Waals surface area contributed by atoms with Gasteiger partial charge in [-0.05, 0) is 5.41 Å². The minimum Gasteiger partial charge on any atom is -0.293 e. The maximum absolute atomic E-state index is 12.4. The minimum atomic E-state index is -0.961. The van der Waals surface area contributed by atoms with Crippen molar-refractivity contribution in [1.82, 2.24) is 0 Å². The van der Waals surface area contributed by atoms with Gasteiger partial charge in [0, 0.05) is 11.1 Å².